The number of thioether (sulfide) groups is 1. The van der Waals surface area contributed by atoms with Crippen LogP contribution in [-0.4, -0.2) is 31.8 Å². The summed E-state index contributed by atoms with van der Waals surface area (Å²) in [6.45, 7) is 0. The number of ether oxygens (including phenoxy) is 2. The van der Waals surface area contributed by atoms with E-state index in [1.807, 2.05) is 0 Å². The van der Waals surface area contributed by atoms with Crippen LogP contribution in [0.15, 0.2) is 47.4 Å². The molecule has 2 aromatic carbocycles. The lowest BCUT2D eigenvalue weighted by Crippen LogP contribution is -2.41. The minimum absolute atomic E-state index is 0.198. The normalized spacial score (nSPS) is 10.1. The Labute approximate surface area is 155 Å². The number of halogens is 1. The van der Waals surface area contributed by atoms with Gasteiger partial charge in [0.1, 0.15) is 17.3 Å². The van der Waals surface area contributed by atoms with Crippen molar-refractivity contribution in [3.8, 4) is 11.5 Å². The average Bonchev–Trinajstić information content (AvgIpc) is 2.67. The second kappa shape index (κ2) is 9.67. The highest BCUT2D eigenvalue weighted by atomic mass is 32.2. The van der Waals surface area contributed by atoms with Crippen LogP contribution < -0.4 is 20.3 Å². The van der Waals surface area contributed by atoms with Crippen molar-refractivity contribution in [2.24, 2.45) is 0 Å². The Kier molecular flexibility index (Phi) is 7.28. The first-order valence-corrected chi connectivity index (χ1v) is 8.71. The molecule has 26 heavy (non-hydrogen) atoms. The number of hydrogen-bond donors (Lipinski definition) is 2. The number of hydrazine groups is 1. The van der Waals surface area contributed by atoms with Gasteiger partial charge in [0.15, 0.2) is 0 Å². The molecular weight excluding hydrogens is 359 g/mol. The third-order valence-electron chi connectivity index (χ3n) is 3.34. The molecule has 2 rings (SSSR count). The van der Waals surface area contributed by atoms with Gasteiger partial charge in [-0.15, -0.1) is 11.8 Å². The van der Waals surface area contributed by atoms with Crippen molar-refractivity contribution in [2.75, 3.05) is 20.0 Å². The SMILES string of the molecule is COc1cc(OC)cc(C(=O)NNC(=O)CCSc2ccc(F)cc2)c1. The van der Waals surface area contributed by atoms with E-state index >= 15 is 0 Å². The third-order valence-corrected chi connectivity index (χ3v) is 4.35. The van der Waals surface area contributed by atoms with Gasteiger partial charge >= 0.3 is 0 Å². The van der Waals surface area contributed by atoms with E-state index in [4.69, 9.17) is 9.47 Å². The first kappa shape index (κ1) is 19.6. The van der Waals surface area contributed by atoms with Crippen molar-refractivity contribution in [2.45, 2.75) is 11.3 Å². The standard InChI is InChI=1S/C18H19FN2O4S/c1-24-14-9-12(10-15(11-14)25-2)18(23)21-20-17(22)7-8-26-16-5-3-13(19)4-6-16/h3-6,9-11H,7-8H2,1-2H3,(H,20,22)(H,21,23). The van der Waals surface area contributed by atoms with E-state index < -0.39 is 5.91 Å². The molecule has 0 unspecified atom stereocenters. The van der Waals surface area contributed by atoms with Crippen LogP contribution in [0.3, 0.4) is 0 Å². The molecular formula is C18H19FN2O4S. The molecule has 0 aromatic heterocycles. The van der Waals surface area contributed by atoms with Gasteiger partial charge in [-0.25, -0.2) is 4.39 Å². The van der Waals surface area contributed by atoms with E-state index in [9.17, 15) is 14.0 Å². The molecule has 0 spiro atoms. The quantitative estimate of drug-likeness (QED) is 0.572. The number of nitrogens with one attached hydrogen (secondary N) is 2. The molecule has 0 fully saturated rings. The summed E-state index contributed by atoms with van der Waals surface area (Å²) in [5.74, 6) is 0.321. The van der Waals surface area contributed by atoms with E-state index in [2.05, 4.69) is 10.9 Å². The van der Waals surface area contributed by atoms with Gasteiger partial charge in [0, 0.05) is 28.7 Å². The smallest absolute Gasteiger partial charge is 0.269 e. The number of carbonyl (C=O) groups excluding carboxylic acids is 2. The van der Waals surface area contributed by atoms with Crippen molar-refractivity contribution in [3.05, 3.63) is 53.8 Å². The van der Waals surface area contributed by atoms with Crippen LogP contribution in [0.25, 0.3) is 0 Å². The zero-order chi connectivity index (χ0) is 18.9. The molecule has 2 amide bonds. The van der Waals surface area contributed by atoms with Gasteiger partial charge in [-0.05, 0) is 36.4 Å². The summed E-state index contributed by atoms with van der Waals surface area (Å²) in [5, 5.41) is 0. The first-order valence-electron chi connectivity index (χ1n) is 7.72. The molecule has 0 saturated carbocycles. The van der Waals surface area contributed by atoms with Crippen LogP contribution in [0.4, 0.5) is 4.39 Å². The highest BCUT2D eigenvalue weighted by Crippen LogP contribution is 2.22. The lowest BCUT2D eigenvalue weighted by Gasteiger charge is -2.10. The van der Waals surface area contributed by atoms with Gasteiger partial charge in [0.2, 0.25) is 5.91 Å². The second-order valence-electron chi connectivity index (χ2n) is 5.16. The van der Waals surface area contributed by atoms with Gasteiger partial charge in [-0.2, -0.15) is 0 Å². The maximum Gasteiger partial charge on any atom is 0.269 e. The Hall–Kier alpha value is -2.74. The lowest BCUT2D eigenvalue weighted by molar-refractivity contribution is -0.121. The molecule has 0 saturated heterocycles. The topological polar surface area (TPSA) is 76.7 Å². The monoisotopic (exact) mass is 378 g/mol. The van der Waals surface area contributed by atoms with Gasteiger partial charge in [-0.1, -0.05) is 0 Å². The van der Waals surface area contributed by atoms with E-state index in [0.29, 0.717) is 22.8 Å². The Morgan fingerprint density at radius 2 is 1.62 bits per heavy atom. The molecule has 0 aliphatic heterocycles. The fraction of sp³-hybridized carbons (Fsp3) is 0.222. The van der Waals surface area contributed by atoms with Crippen LogP contribution in [-0.2, 0) is 4.79 Å². The van der Waals surface area contributed by atoms with Gasteiger partial charge in [-0.3, -0.25) is 20.4 Å². The van der Waals surface area contributed by atoms with Gasteiger partial charge in [0.25, 0.3) is 5.91 Å². The molecule has 6 nitrogen and oxygen atoms in total. The molecule has 0 aliphatic rings. The summed E-state index contributed by atoms with van der Waals surface area (Å²) in [5.41, 5.74) is 5.00. The van der Waals surface area contributed by atoms with Crippen LogP contribution >= 0.6 is 11.8 Å². The lowest BCUT2D eigenvalue weighted by atomic mass is 10.2. The van der Waals surface area contributed by atoms with E-state index in [1.54, 1.807) is 18.2 Å². The zero-order valence-corrected chi connectivity index (χ0v) is 15.2. The predicted octanol–water partition coefficient (Wildman–Crippen LogP) is 2.79. The predicted molar refractivity (Wildman–Crippen MR) is 96.9 cm³/mol. The molecule has 0 radical (unpaired) electrons. The largest absolute Gasteiger partial charge is 0.497 e. The molecule has 0 atom stereocenters. The van der Waals surface area contributed by atoms with Crippen molar-refractivity contribution < 1.29 is 23.5 Å². The van der Waals surface area contributed by atoms with E-state index in [1.165, 1.54) is 50.2 Å². The second-order valence-corrected chi connectivity index (χ2v) is 6.32. The summed E-state index contributed by atoms with van der Waals surface area (Å²) in [7, 11) is 2.97. The van der Waals surface area contributed by atoms with Crippen molar-refractivity contribution in [1.29, 1.82) is 0 Å². The molecule has 2 aromatic rings. The van der Waals surface area contributed by atoms with Gasteiger partial charge < -0.3 is 9.47 Å². The van der Waals surface area contributed by atoms with Crippen LogP contribution in [0, 0.1) is 5.82 Å². The minimum atomic E-state index is -0.485. The Bertz CT molecular complexity index is 746. The molecule has 0 heterocycles. The number of amides is 2. The van der Waals surface area contributed by atoms with Crippen LogP contribution in [0.5, 0.6) is 11.5 Å². The van der Waals surface area contributed by atoms with Crippen LogP contribution in [0.2, 0.25) is 0 Å². The fourth-order valence-corrected chi connectivity index (χ4v) is 2.84. The summed E-state index contributed by atoms with van der Waals surface area (Å²) in [4.78, 5) is 24.8. The number of hydrogen-bond acceptors (Lipinski definition) is 5. The number of methoxy groups -OCH3 is 2. The Balaban J connectivity index is 1.79. The molecule has 0 aliphatic carbocycles. The maximum atomic E-state index is 12.8. The third kappa shape index (κ3) is 5.96. The fourth-order valence-electron chi connectivity index (χ4n) is 1.99. The summed E-state index contributed by atoms with van der Waals surface area (Å²) < 4.78 is 23.0. The Morgan fingerprint density at radius 3 is 2.19 bits per heavy atom. The highest BCUT2D eigenvalue weighted by Gasteiger charge is 2.11. The first-order chi connectivity index (χ1) is 12.5. The molecule has 8 heteroatoms. The molecule has 138 valence electrons. The molecule has 0 bridgehead atoms. The number of carbonyl (C=O) groups is 2. The van der Waals surface area contributed by atoms with E-state index in [-0.39, 0.29) is 18.1 Å². The number of benzene rings is 2. The zero-order valence-electron chi connectivity index (χ0n) is 14.4. The summed E-state index contributed by atoms with van der Waals surface area (Å²) in [6, 6.07) is 10.7. The van der Waals surface area contributed by atoms with Gasteiger partial charge in [0.05, 0.1) is 14.2 Å². The highest BCUT2D eigenvalue weighted by molar-refractivity contribution is 7.99. The minimum Gasteiger partial charge on any atom is -0.497 e. The summed E-state index contributed by atoms with van der Waals surface area (Å²) >= 11 is 1.42. The van der Waals surface area contributed by atoms with Crippen LogP contribution in [0.1, 0.15) is 16.8 Å². The molecule has 2 N–H and O–H groups in total. The van der Waals surface area contributed by atoms with Crippen molar-refractivity contribution in [3.63, 3.8) is 0 Å². The number of rotatable bonds is 7. The average molecular weight is 378 g/mol. The van der Waals surface area contributed by atoms with Crippen molar-refractivity contribution in [1.82, 2.24) is 10.9 Å². The maximum absolute atomic E-state index is 12.8. The van der Waals surface area contributed by atoms with Crippen molar-refractivity contribution >= 4 is 23.6 Å². The summed E-state index contributed by atoms with van der Waals surface area (Å²) in [6.07, 6.45) is 0.198. The van der Waals surface area contributed by atoms with E-state index in [0.717, 1.165) is 4.90 Å². The Morgan fingerprint density at radius 1 is 1.00 bits per heavy atom.